The molecule has 0 bridgehead atoms. The molecule has 2 aliphatic rings. The highest BCUT2D eigenvalue weighted by Gasteiger charge is 2.36. The molecular weight excluding hydrogens is 343 g/mol. The third-order valence-electron chi connectivity index (χ3n) is 4.94. The Morgan fingerprint density at radius 3 is 2.68 bits per heavy atom. The number of anilines is 1. The second-order valence-electron chi connectivity index (χ2n) is 6.68. The van der Waals surface area contributed by atoms with E-state index in [9.17, 15) is 4.39 Å². The molecule has 5 nitrogen and oxygen atoms in total. The molecule has 2 aromatic rings. The van der Waals surface area contributed by atoms with Gasteiger partial charge in [-0.25, -0.2) is 4.39 Å². The number of nitrogens with zero attached hydrogens (tertiary/aromatic N) is 4. The molecule has 2 atom stereocenters. The van der Waals surface area contributed by atoms with Crippen molar-refractivity contribution in [3.8, 4) is 5.75 Å². The molecule has 132 valence electrons. The third kappa shape index (κ3) is 3.85. The van der Waals surface area contributed by atoms with E-state index in [0.29, 0.717) is 23.7 Å². The van der Waals surface area contributed by atoms with Gasteiger partial charge in [0.05, 0.1) is 6.61 Å². The molecule has 7 heteroatoms. The van der Waals surface area contributed by atoms with Gasteiger partial charge in [-0.05, 0) is 42.8 Å². The highest BCUT2D eigenvalue weighted by Crippen LogP contribution is 2.29. The average Bonchev–Trinajstić information content (AvgIpc) is 3.04. The van der Waals surface area contributed by atoms with Gasteiger partial charge < -0.3 is 9.64 Å². The number of benzene rings is 1. The normalized spacial score (nSPS) is 23.5. The van der Waals surface area contributed by atoms with Crippen molar-refractivity contribution in [1.82, 2.24) is 15.1 Å². The molecule has 0 aliphatic carbocycles. The number of hydrogen-bond donors (Lipinski definition) is 0. The zero-order valence-electron chi connectivity index (χ0n) is 13.8. The fourth-order valence-electron chi connectivity index (χ4n) is 3.70. The summed E-state index contributed by atoms with van der Waals surface area (Å²) in [6.45, 7) is 4.62. The van der Waals surface area contributed by atoms with Crippen molar-refractivity contribution in [2.24, 2.45) is 5.92 Å². The van der Waals surface area contributed by atoms with E-state index in [-0.39, 0.29) is 5.82 Å². The number of fused-ring (bicyclic) bond motifs is 1. The predicted molar refractivity (Wildman–Crippen MR) is 94.6 cm³/mol. The number of hydrogen-bond acceptors (Lipinski definition) is 5. The molecule has 4 rings (SSSR count). The largest absolute Gasteiger partial charge is 0.493 e. The number of halogens is 2. The Kier molecular flexibility index (Phi) is 4.72. The molecule has 2 fully saturated rings. The van der Waals surface area contributed by atoms with Gasteiger partial charge >= 0.3 is 0 Å². The van der Waals surface area contributed by atoms with Crippen LogP contribution in [0.4, 0.5) is 10.2 Å². The number of piperazine rings is 1. The minimum absolute atomic E-state index is 0.240. The van der Waals surface area contributed by atoms with E-state index < -0.39 is 0 Å². The van der Waals surface area contributed by atoms with Gasteiger partial charge in [0.1, 0.15) is 11.6 Å². The summed E-state index contributed by atoms with van der Waals surface area (Å²) in [6.07, 6.45) is 1.10. The first-order valence-electron chi connectivity index (χ1n) is 8.54. The van der Waals surface area contributed by atoms with Crippen molar-refractivity contribution in [2.45, 2.75) is 12.5 Å². The highest BCUT2D eigenvalue weighted by atomic mass is 35.5. The van der Waals surface area contributed by atoms with Crippen LogP contribution in [0.3, 0.4) is 0 Å². The van der Waals surface area contributed by atoms with Gasteiger partial charge in [-0.3, -0.25) is 4.90 Å². The maximum Gasteiger partial charge on any atom is 0.151 e. The molecule has 0 radical (unpaired) electrons. The van der Waals surface area contributed by atoms with Crippen molar-refractivity contribution >= 4 is 17.4 Å². The Morgan fingerprint density at radius 1 is 1.08 bits per heavy atom. The van der Waals surface area contributed by atoms with E-state index in [4.69, 9.17) is 16.3 Å². The van der Waals surface area contributed by atoms with Gasteiger partial charge in [-0.2, -0.15) is 0 Å². The Labute approximate surface area is 151 Å². The number of aromatic nitrogens is 2. The first kappa shape index (κ1) is 16.5. The maximum absolute atomic E-state index is 12.9. The summed E-state index contributed by atoms with van der Waals surface area (Å²) in [5.41, 5.74) is 0. The van der Waals surface area contributed by atoms with E-state index in [1.165, 1.54) is 12.1 Å². The Hall–Kier alpha value is -1.92. The molecule has 25 heavy (non-hydrogen) atoms. The van der Waals surface area contributed by atoms with Crippen LogP contribution in [0.15, 0.2) is 36.4 Å². The average molecular weight is 363 g/mol. The SMILES string of the molecule is Fc1ccc(OC[C@H]2C[C@H]3CN(c4ccc(Cl)nn4)CCN3C2)cc1. The summed E-state index contributed by atoms with van der Waals surface area (Å²) < 4.78 is 18.8. The van der Waals surface area contributed by atoms with Crippen molar-refractivity contribution in [3.05, 3.63) is 47.4 Å². The zero-order chi connectivity index (χ0) is 17.2. The molecule has 1 aromatic heterocycles. The third-order valence-corrected chi connectivity index (χ3v) is 5.15. The monoisotopic (exact) mass is 362 g/mol. The maximum atomic E-state index is 12.9. The van der Waals surface area contributed by atoms with Crippen LogP contribution in [0, 0.1) is 11.7 Å². The van der Waals surface area contributed by atoms with E-state index in [2.05, 4.69) is 20.0 Å². The topological polar surface area (TPSA) is 41.5 Å². The van der Waals surface area contributed by atoms with E-state index in [0.717, 1.165) is 44.2 Å². The van der Waals surface area contributed by atoms with E-state index in [1.807, 2.05) is 6.07 Å². The fraction of sp³-hybridized carbons (Fsp3) is 0.444. The van der Waals surface area contributed by atoms with Crippen molar-refractivity contribution in [2.75, 3.05) is 37.7 Å². The van der Waals surface area contributed by atoms with Crippen LogP contribution in [-0.2, 0) is 0 Å². The Balaban J connectivity index is 1.32. The molecule has 0 amide bonds. The first-order chi connectivity index (χ1) is 12.2. The van der Waals surface area contributed by atoms with E-state index in [1.54, 1.807) is 18.2 Å². The van der Waals surface area contributed by atoms with Crippen LogP contribution in [0.5, 0.6) is 5.75 Å². The molecule has 0 unspecified atom stereocenters. The van der Waals surface area contributed by atoms with Gasteiger partial charge in [0.2, 0.25) is 0 Å². The van der Waals surface area contributed by atoms with Crippen LogP contribution >= 0.6 is 11.6 Å². The molecular formula is C18H20ClFN4O. The minimum Gasteiger partial charge on any atom is -0.493 e. The van der Waals surface area contributed by atoms with Gasteiger partial charge in [0.25, 0.3) is 0 Å². The van der Waals surface area contributed by atoms with Crippen molar-refractivity contribution in [1.29, 1.82) is 0 Å². The summed E-state index contributed by atoms with van der Waals surface area (Å²) >= 11 is 5.82. The van der Waals surface area contributed by atoms with Crippen molar-refractivity contribution < 1.29 is 9.13 Å². The van der Waals surface area contributed by atoms with Crippen molar-refractivity contribution in [3.63, 3.8) is 0 Å². The smallest absolute Gasteiger partial charge is 0.151 e. The van der Waals surface area contributed by atoms with Crippen LogP contribution in [0.2, 0.25) is 5.15 Å². The summed E-state index contributed by atoms with van der Waals surface area (Å²) in [7, 11) is 0. The van der Waals surface area contributed by atoms with Crippen LogP contribution in [0.1, 0.15) is 6.42 Å². The quantitative estimate of drug-likeness (QED) is 0.836. The van der Waals surface area contributed by atoms with E-state index >= 15 is 0 Å². The molecule has 2 aliphatic heterocycles. The van der Waals surface area contributed by atoms with Crippen LogP contribution in [0.25, 0.3) is 0 Å². The van der Waals surface area contributed by atoms with Crippen LogP contribution < -0.4 is 9.64 Å². The second-order valence-corrected chi connectivity index (χ2v) is 7.06. The summed E-state index contributed by atoms with van der Waals surface area (Å²) in [5.74, 6) is 1.86. The molecule has 1 aromatic carbocycles. The first-order valence-corrected chi connectivity index (χ1v) is 8.92. The van der Waals surface area contributed by atoms with Gasteiger partial charge in [-0.15, -0.1) is 10.2 Å². The molecule has 0 N–H and O–H groups in total. The molecule has 0 saturated carbocycles. The summed E-state index contributed by atoms with van der Waals surface area (Å²) in [6, 6.07) is 10.4. The summed E-state index contributed by atoms with van der Waals surface area (Å²) in [4.78, 5) is 4.80. The Bertz CT molecular complexity index is 712. The van der Waals surface area contributed by atoms with Gasteiger partial charge in [0.15, 0.2) is 11.0 Å². The van der Waals surface area contributed by atoms with Gasteiger partial charge in [-0.1, -0.05) is 11.6 Å². The van der Waals surface area contributed by atoms with Crippen LogP contribution in [-0.4, -0.2) is 53.9 Å². The predicted octanol–water partition coefficient (Wildman–Crippen LogP) is 2.86. The molecule has 2 saturated heterocycles. The second kappa shape index (κ2) is 7.14. The number of rotatable bonds is 4. The lowest BCUT2D eigenvalue weighted by atomic mass is 10.1. The summed E-state index contributed by atoms with van der Waals surface area (Å²) in [5, 5.41) is 8.54. The zero-order valence-corrected chi connectivity index (χ0v) is 14.6. The molecule has 3 heterocycles. The highest BCUT2D eigenvalue weighted by molar-refractivity contribution is 6.29. The lowest BCUT2D eigenvalue weighted by Gasteiger charge is -2.37. The number of ether oxygens (including phenoxy) is 1. The fourth-order valence-corrected chi connectivity index (χ4v) is 3.80. The Morgan fingerprint density at radius 2 is 1.92 bits per heavy atom. The lowest BCUT2D eigenvalue weighted by molar-refractivity contribution is 0.216. The minimum atomic E-state index is -0.240. The lowest BCUT2D eigenvalue weighted by Crippen LogP contribution is -2.50. The standard InChI is InChI=1S/C18H20ClFN4O/c19-17-5-6-18(22-21-17)24-8-7-23-10-13(9-15(23)11-24)12-25-16-3-1-14(20)2-4-16/h1-6,13,15H,7-12H2/t13-,15-/m0/s1. The van der Waals surface area contributed by atoms with Gasteiger partial charge in [0, 0.05) is 38.1 Å². The molecule has 0 spiro atoms.